The summed E-state index contributed by atoms with van der Waals surface area (Å²) in [6.07, 6.45) is 3.17. The van der Waals surface area contributed by atoms with Crippen molar-refractivity contribution in [1.29, 1.82) is 0 Å². The zero-order valence-corrected chi connectivity index (χ0v) is 13.9. The molecule has 0 unspecified atom stereocenters. The minimum Gasteiger partial charge on any atom is -0.352 e. The number of amides is 1. The number of pyridine rings is 1. The van der Waals surface area contributed by atoms with E-state index in [-0.39, 0.29) is 6.04 Å². The molecule has 8 heteroatoms. The van der Waals surface area contributed by atoms with Crippen molar-refractivity contribution in [3.63, 3.8) is 0 Å². The number of hydrogen-bond donors (Lipinski definition) is 1. The highest BCUT2D eigenvalue weighted by molar-refractivity contribution is 6.30. The van der Waals surface area contributed by atoms with Gasteiger partial charge in [-0.1, -0.05) is 43.7 Å². The van der Waals surface area contributed by atoms with Gasteiger partial charge in [-0.3, -0.25) is 9.59 Å². The van der Waals surface area contributed by atoms with E-state index in [0.29, 0.717) is 16.8 Å². The van der Waals surface area contributed by atoms with E-state index in [0.717, 1.165) is 38.5 Å². The summed E-state index contributed by atoms with van der Waals surface area (Å²) < 4.78 is 39.1. The Balaban J connectivity index is 2.07. The van der Waals surface area contributed by atoms with Crippen LogP contribution in [0.2, 0.25) is 5.02 Å². The van der Waals surface area contributed by atoms with E-state index >= 15 is 0 Å². The van der Waals surface area contributed by atoms with Crippen LogP contribution in [-0.4, -0.2) is 16.5 Å². The summed E-state index contributed by atoms with van der Waals surface area (Å²) in [7, 11) is 0. The Hall–Kier alpha value is -1.50. The van der Waals surface area contributed by atoms with Gasteiger partial charge in [0.25, 0.3) is 5.56 Å². The summed E-state index contributed by atoms with van der Waals surface area (Å²) in [6, 6.07) is 0.586. The fourth-order valence-corrected chi connectivity index (χ4v) is 3.13. The SMILES string of the molecule is O=C(Cn1cc(C(F)(F)F)cc(Cl)c1=O)NC1CCCCCCC1. The molecule has 1 aromatic rings. The molecule has 0 aliphatic heterocycles. The number of carbonyl (C=O) groups is 1. The van der Waals surface area contributed by atoms with E-state index in [9.17, 15) is 22.8 Å². The first-order valence-corrected chi connectivity index (χ1v) is 8.41. The lowest BCUT2D eigenvalue weighted by atomic mass is 9.97. The van der Waals surface area contributed by atoms with Crippen LogP contribution in [0.3, 0.4) is 0 Å². The van der Waals surface area contributed by atoms with Gasteiger partial charge in [0.1, 0.15) is 11.6 Å². The van der Waals surface area contributed by atoms with Crippen LogP contribution in [-0.2, 0) is 17.5 Å². The lowest BCUT2D eigenvalue weighted by Crippen LogP contribution is -2.39. The first kappa shape index (κ1) is 18.8. The molecule has 1 aliphatic carbocycles. The highest BCUT2D eigenvalue weighted by atomic mass is 35.5. The number of rotatable bonds is 3. The zero-order chi connectivity index (χ0) is 17.7. The lowest BCUT2D eigenvalue weighted by molar-refractivity contribution is -0.138. The number of alkyl halides is 3. The summed E-state index contributed by atoms with van der Waals surface area (Å²) in [6.45, 7) is -0.473. The second kappa shape index (κ2) is 8.05. The third-order valence-electron chi connectivity index (χ3n) is 4.15. The quantitative estimate of drug-likeness (QED) is 0.888. The highest BCUT2D eigenvalue weighted by Gasteiger charge is 2.32. The normalized spacial score (nSPS) is 17.2. The van der Waals surface area contributed by atoms with E-state index in [1.165, 1.54) is 6.42 Å². The predicted molar refractivity (Wildman–Crippen MR) is 85.0 cm³/mol. The van der Waals surface area contributed by atoms with Gasteiger partial charge in [0.05, 0.1) is 5.56 Å². The average molecular weight is 365 g/mol. The fourth-order valence-electron chi connectivity index (χ4n) is 2.90. The molecule has 2 rings (SSSR count). The predicted octanol–water partition coefficient (Wildman–Crippen LogP) is 3.75. The number of aromatic nitrogens is 1. The van der Waals surface area contributed by atoms with Crippen LogP contribution in [0.4, 0.5) is 13.2 Å². The van der Waals surface area contributed by atoms with Crippen molar-refractivity contribution in [1.82, 2.24) is 9.88 Å². The molecule has 1 aliphatic rings. The Kier molecular flexibility index (Phi) is 6.32. The molecular weight excluding hydrogens is 345 g/mol. The van der Waals surface area contributed by atoms with Crippen LogP contribution in [0.25, 0.3) is 0 Å². The van der Waals surface area contributed by atoms with E-state index in [4.69, 9.17) is 11.6 Å². The van der Waals surface area contributed by atoms with E-state index in [1.54, 1.807) is 0 Å². The third-order valence-corrected chi connectivity index (χ3v) is 4.42. The van der Waals surface area contributed by atoms with Gasteiger partial charge in [0.2, 0.25) is 5.91 Å². The van der Waals surface area contributed by atoms with Crippen LogP contribution in [0, 0.1) is 0 Å². The number of nitrogens with zero attached hydrogens (tertiary/aromatic N) is 1. The summed E-state index contributed by atoms with van der Waals surface area (Å²) >= 11 is 5.58. The molecule has 1 heterocycles. The summed E-state index contributed by atoms with van der Waals surface area (Å²) in [5, 5.41) is 2.26. The van der Waals surface area contributed by atoms with Crippen LogP contribution in [0.5, 0.6) is 0 Å². The molecule has 0 saturated heterocycles. The molecule has 0 atom stereocenters. The summed E-state index contributed by atoms with van der Waals surface area (Å²) in [4.78, 5) is 24.0. The van der Waals surface area contributed by atoms with Crippen molar-refractivity contribution in [2.45, 2.75) is 63.7 Å². The van der Waals surface area contributed by atoms with Crippen LogP contribution >= 0.6 is 11.6 Å². The Morgan fingerprint density at radius 2 is 1.79 bits per heavy atom. The van der Waals surface area contributed by atoms with Gasteiger partial charge < -0.3 is 9.88 Å². The van der Waals surface area contributed by atoms with Crippen molar-refractivity contribution in [3.05, 3.63) is 33.2 Å². The molecule has 1 aromatic heterocycles. The van der Waals surface area contributed by atoms with Crippen LogP contribution < -0.4 is 10.9 Å². The smallest absolute Gasteiger partial charge is 0.352 e. The number of halogens is 4. The second-order valence-corrected chi connectivity index (χ2v) is 6.52. The zero-order valence-electron chi connectivity index (χ0n) is 13.2. The summed E-state index contributed by atoms with van der Waals surface area (Å²) in [5.74, 6) is -0.474. The molecule has 0 aromatic carbocycles. The number of hydrogen-bond acceptors (Lipinski definition) is 2. The maximum absolute atomic E-state index is 12.8. The van der Waals surface area contributed by atoms with Crippen molar-refractivity contribution >= 4 is 17.5 Å². The molecule has 1 N–H and O–H groups in total. The standard InChI is InChI=1S/C16H20ClF3N2O2/c17-13-8-11(16(18,19)20)9-22(15(13)24)10-14(23)21-12-6-4-2-1-3-5-7-12/h8-9,12H,1-7,10H2,(H,21,23). The molecule has 1 fully saturated rings. The van der Waals surface area contributed by atoms with Crippen molar-refractivity contribution in [3.8, 4) is 0 Å². The van der Waals surface area contributed by atoms with Crippen molar-refractivity contribution in [2.24, 2.45) is 0 Å². The molecule has 4 nitrogen and oxygen atoms in total. The van der Waals surface area contributed by atoms with Gasteiger partial charge in [-0.2, -0.15) is 13.2 Å². The average Bonchev–Trinajstić information content (AvgIpc) is 2.45. The lowest BCUT2D eigenvalue weighted by Gasteiger charge is -2.21. The van der Waals surface area contributed by atoms with Gasteiger partial charge in [0.15, 0.2) is 0 Å². The fraction of sp³-hybridized carbons (Fsp3) is 0.625. The largest absolute Gasteiger partial charge is 0.417 e. The van der Waals surface area contributed by atoms with Crippen LogP contribution in [0.1, 0.15) is 50.5 Å². The maximum atomic E-state index is 12.8. The second-order valence-electron chi connectivity index (χ2n) is 6.12. The molecule has 0 bridgehead atoms. The molecule has 134 valence electrons. The molecular formula is C16H20ClF3N2O2. The van der Waals surface area contributed by atoms with Crippen LogP contribution in [0.15, 0.2) is 17.1 Å². The van der Waals surface area contributed by atoms with Crippen molar-refractivity contribution in [2.75, 3.05) is 0 Å². The first-order valence-electron chi connectivity index (χ1n) is 8.04. The monoisotopic (exact) mass is 364 g/mol. The Bertz CT molecular complexity index is 635. The minimum absolute atomic E-state index is 0.00905. The Morgan fingerprint density at radius 3 is 2.38 bits per heavy atom. The van der Waals surface area contributed by atoms with Crippen molar-refractivity contribution < 1.29 is 18.0 Å². The molecule has 0 spiro atoms. The highest BCUT2D eigenvalue weighted by Crippen LogP contribution is 2.29. The van der Waals surface area contributed by atoms with Gasteiger partial charge >= 0.3 is 6.18 Å². The number of carbonyl (C=O) groups excluding carboxylic acids is 1. The Morgan fingerprint density at radius 1 is 1.21 bits per heavy atom. The molecule has 1 saturated carbocycles. The number of nitrogens with one attached hydrogen (secondary N) is 1. The van der Waals surface area contributed by atoms with Gasteiger partial charge in [-0.05, 0) is 18.9 Å². The van der Waals surface area contributed by atoms with E-state index in [2.05, 4.69) is 5.32 Å². The molecule has 0 radical (unpaired) electrons. The maximum Gasteiger partial charge on any atom is 0.417 e. The Labute approximate surface area is 143 Å². The van der Waals surface area contributed by atoms with Gasteiger partial charge in [-0.25, -0.2) is 0 Å². The third kappa shape index (κ3) is 5.26. The topological polar surface area (TPSA) is 51.1 Å². The summed E-state index contributed by atoms with van der Waals surface area (Å²) in [5.41, 5.74) is -1.86. The van der Waals surface area contributed by atoms with E-state index in [1.807, 2.05) is 0 Å². The molecule has 1 amide bonds. The van der Waals surface area contributed by atoms with E-state index < -0.39 is 34.8 Å². The minimum atomic E-state index is -4.63. The molecule has 24 heavy (non-hydrogen) atoms. The first-order chi connectivity index (χ1) is 11.3. The van der Waals surface area contributed by atoms with Gasteiger partial charge in [0, 0.05) is 12.2 Å². The van der Waals surface area contributed by atoms with Gasteiger partial charge in [-0.15, -0.1) is 0 Å².